The van der Waals surface area contributed by atoms with Gasteiger partial charge in [0, 0.05) is 37.5 Å². The van der Waals surface area contributed by atoms with Crippen molar-refractivity contribution < 1.29 is 4.79 Å². The summed E-state index contributed by atoms with van der Waals surface area (Å²) >= 11 is 1.64. The van der Waals surface area contributed by atoms with E-state index in [2.05, 4.69) is 32.7 Å². The van der Waals surface area contributed by atoms with E-state index >= 15 is 0 Å². The molecule has 3 rings (SSSR count). The summed E-state index contributed by atoms with van der Waals surface area (Å²) in [5, 5.41) is 6.51. The number of aliphatic imine (C=N–C) groups is 1. The highest BCUT2D eigenvalue weighted by Crippen LogP contribution is 2.22. The van der Waals surface area contributed by atoms with Crippen molar-refractivity contribution in [3.05, 3.63) is 40.7 Å². The molecule has 1 saturated heterocycles. The molecule has 8 heteroatoms. The van der Waals surface area contributed by atoms with Gasteiger partial charge in [-0.3, -0.25) is 9.79 Å². The smallest absolute Gasteiger partial charge is 0.217 e. The third kappa shape index (κ3) is 6.17. The molecule has 146 valence electrons. The molecule has 1 aliphatic heterocycles. The molecule has 0 saturated carbocycles. The summed E-state index contributed by atoms with van der Waals surface area (Å²) in [7, 11) is 1.79. The molecule has 27 heavy (non-hydrogen) atoms. The number of amides is 1. The number of thiazole rings is 1. The number of carbonyl (C=O) groups excluding carboxylic acids is 1. The van der Waals surface area contributed by atoms with Crippen LogP contribution in [0, 0.1) is 5.92 Å². The molecule has 1 atom stereocenters. The van der Waals surface area contributed by atoms with Crippen LogP contribution in [-0.2, 0) is 11.3 Å². The highest BCUT2D eigenvalue weighted by Gasteiger charge is 2.23. The average Bonchev–Trinajstić information content (AvgIpc) is 3.12. The number of rotatable bonds is 5. The summed E-state index contributed by atoms with van der Waals surface area (Å²) in [5.74, 6) is 0.941. The zero-order valence-corrected chi connectivity index (χ0v) is 18.6. The Bertz CT molecular complexity index is 764. The molecule has 0 aliphatic carbocycles. The zero-order chi connectivity index (χ0) is 18.4. The maximum absolute atomic E-state index is 11.2. The van der Waals surface area contributed by atoms with Gasteiger partial charge in [-0.05, 0) is 18.8 Å². The lowest BCUT2D eigenvalue weighted by molar-refractivity contribution is -0.119. The lowest BCUT2D eigenvalue weighted by atomic mass is 9.95. The molecule has 2 aromatic rings. The third-order valence-corrected chi connectivity index (χ3v) is 5.39. The molecule has 6 nitrogen and oxygen atoms in total. The monoisotopic (exact) mass is 499 g/mol. The highest BCUT2D eigenvalue weighted by molar-refractivity contribution is 14.0. The fraction of sp³-hybridized carbons (Fsp3) is 0.421. The Morgan fingerprint density at radius 3 is 2.89 bits per heavy atom. The van der Waals surface area contributed by atoms with Gasteiger partial charge in [-0.25, -0.2) is 4.98 Å². The third-order valence-electron chi connectivity index (χ3n) is 4.54. The highest BCUT2D eigenvalue weighted by atomic mass is 127. The first-order chi connectivity index (χ1) is 12.7. The minimum absolute atomic E-state index is 0. The number of primary amides is 1. The Morgan fingerprint density at radius 1 is 1.41 bits per heavy atom. The van der Waals surface area contributed by atoms with Crippen molar-refractivity contribution in [1.82, 2.24) is 15.2 Å². The van der Waals surface area contributed by atoms with Gasteiger partial charge < -0.3 is 16.0 Å². The summed E-state index contributed by atoms with van der Waals surface area (Å²) in [6, 6.07) is 10.2. The molecule has 2 heterocycles. The number of nitrogens with zero attached hydrogens (tertiary/aromatic N) is 3. The second kappa shape index (κ2) is 10.6. The van der Waals surface area contributed by atoms with Crippen molar-refractivity contribution in [2.45, 2.75) is 25.8 Å². The number of guanidine groups is 1. The fourth-order valence-electron chi connectivity index (χ4n) is 3.33. The van der Waals surface area contributed by atoms with Crippen molar-refractivity contribution in [1.29, 1.82) is 0 Å². The summed E-state index contributed by atoms with van der Waals surface area (Å²) in [4.78, 5) is 22.5. The Balaban J connectivity index is 0.00000261. The average molecular weight is 499 g/mol. The number of nitrogens with two attached hydrogens (primary N) is 1. The van der Waals surface area contributed by atoms with Crippen LogP contribution in [0.1, 0.15) is 24.3 Å². The van der Waals surface area contributed by atoms with E-state index < -0.39 is 0 Å². The van der Waals surface area contributed by atoms with Gasteiger partial charge in [-0.15, -0.1) is 35.3 Å². The number of benzene rings is 1. The first-order valence-corrected chi connectivity index (χ1v) is 9.77. The molecule has 1 aliphatic rings. The van der Waals surface area contributed by atoms with Gasteiger partial charge in [0.25, 0.3) is 0 Å². The van der Waals surface area contributed by atoms with Crippen LogP contribution in [0.2, 0.25) is 0 Å². The van der Waals surface area contributed by atoms with E-state index in [1.807, 2.05) is 18.2 Å². The van der Waals surface area contributed by atoms with Crippen molar-refractivity contribution >= 4 is 47.2 Å². The van der Waals surface area contributed by atoms with Gasteiger partial charge in [-0.2, -0.15) is 0 Å². The van der Waals surface area contributed by atoms with Gasteiger partial charge in [-0.1, -0.05) is 30.3 Å². The van der Waals surface area contributed by atoms with Crippen LogP contribution in [0.3, 0.4) is 0 Å². The molecule has 3 N–H and O–H groups in total. The van der Waals surface area contributed by atoms with Crippen LogP contribution in [-0.4, -0.2) is 41.9 Å². The molecule has 1 aromatic carbocycles. The van der Waals surface area contributed by atoms with Crippen LogP contribution >= 0.6 is 35.3 Å². The van der Waals surface area contributed by atoms with Crippen molar-refractivity contribution in [3.63, 3.8) is 0 Å². The van der Waals surface area contributed by atoms with Crippen LogP contribution in [0.15, 0.2) is 40.7 Å². The predicted molar refractivity (Wildman–Crippen MR) is 121 cm³/mol. The van der Waals surface area contributed by atoms with Gasteiger partial charge >= 0.3 is 0 Å². The molecule has 1 aromatic heterocycles. The van der Waals surface area contributed by atoms with E-state index in [1.165, 1.54) is 0 Å². The Morgan fingerprint density at radius 2 is 2.19 bits per heavy atom. The number of piperidine rings is 1. The Labute approximate surface area is 181 Å². The zero-order valence-electron chi connectivity index (χ0n) is 15.4. The second-order valence-corrected chi connectivity index (χ2v) is 7.46. The summed E-state index contributed by atoms with van der Waals surface area (Å²) in [6.07, 6.45) is 2.54. The minimum atomic E-state index is -0.226. The number of aromatic nitrogens is 1. The van der Waals surface area contributed by atoms with Crippen molar-refractivity contribution in [2.24, 2.45) is 16.6 Å². The Hall–Kier alpha value is -1.68. The molecule has 0 bridgehead atoms. The number of nitrogens with one attached hydrogen (secondary N) is 1. The normalized spacial score (nSPS) is 17.3. The lowest BCUT2D eigenvalue weighted by Gasteiger charge is -2.34. The summed E-state index contributed by atoms with van der Waals surface area (Å²) in [5.41, 5.74) is 7.48. The molecular weight excluding hydrogens is 473 g/mol. The van der Waals surface area contributed by atoms with Crippen LogP contribution in [0.25, 0.3) is 11.3 Å². The quantitative estimate of drug-likeness (QED) is 0.376. The van der Waals surface area contributed by atoms with E-state index in [4.69, 9.17) is 10.7 Å². The maximum Gasteiger partial charge on any atom is 0.217 e. The topological polar surface area (TPSA) is 83.6 Å². The first kappa shape index (κ1) is 21.6. The summed E-state index contributed by atoms with van der Waals surface area (Å²) in [6.45, 7) is 2.40. The molecule has 1 fully saturated rings. The van der Waals surface area contributed by atoms with E-state index in [0.29, 0.717) is 18.9 Å². The van der Waals surface area contributed by atoms with E-state index in [1.54, 1.807) is 18.4 Å². The van der Waals surface area contributed by atoms with E-state index in [0.717, 1.165) is 48.2 Å². The van der Waals surface area contributed by atoms with Gasteiger partial charge in [0.05, 0.1) is 12.2 Å². The summed E-state index contributed by atoms with van der Waals surface area (Å²) < 4.78 is 0. The van der Waals surface area contributed by atoms with Crippen LogP contribution in [0.5, 0.6) is 0 Å². The van der Waals surface area contributed by atoms with E-state index in [9.17, 15) is 4.79 Å². The van der Waals surface area contributed by atoms with Gasteiger partial charge in [0.2, 0.25) is 5.91 Å². The predicted octanol–water partition coefficient (Wildman–Crippen LogP) is 3.09. The molecule has 1 unspecified atom stereocenters. The SMILES string of the molecule is CN=C(NCc1nc(-c2ccccc2)cs1)N1CCCC(CC(N)=O)C1.I. The number of hydrogen-bond acceptors (Lipinski definition) is 4. The minimum Gasteiger partial charge on any atom is -0.370 e. The second-order valence-electron chi connectivity index (χ2n) is 6.52. The number of hydrogen-bond donors (Lipinski definition) is 2. The molecule has 1 amide bonds. The van der Waals surface area contributed by atoms with Crippen LogP contribution in [0.4, 0.5) is 0 Å². The number of carbonyl (C=O) groups is 1. The van der Waals surface area contributed by atoms with Crippen molar-refractivity contribution in [3.8, 4) is 11.3 Å². The largest absolute Gasteiger partial charge is 0.370 e. The lowest BCUT2D eigenvalue weighted by Crippen LogP contribution is -2.46. The van der Waals surface area contributed by atoms with Gasteiger partial charge in [0.1, 0.15) is 5.01 Å². The van der Waals surface area contributed by atoms with Crippen LogP contribution < -0.4 is 11.1 Å². The Kier molecular flexibility index (Phi) is 8.49. The van der Waals surface area contributed by atoms with Gasteiger partial charge in [0.15, 0.2) is 5.96 Å². The number of likely N-dealkylation sites (tertiary alicyclic amines) is 1. The molecular formula is C19H26IN5OS. The standard InChI is InChI=1S/C19H25N5OS.HI/c1-21-19(24-9-5-6-14(12-24)10-17(20)25)22-11-18-23-16(13-26-18)15-7-3-2-4-8-15;/h2-4,7-8,13-14H,5-6,9-12H2,1H3,(H2,20,25)(H,21,22);1H. The molecule has 0 spiro atoms. The molecule has 0 radical (unpaired) electrons. The first-order valence-electron chi connectivity index (χ1n) is 8.89. The maximum atomic E-state index is 11.2. The van der Waals surface area contributed by atoms with Crippen molar-refractivity contribution in [2.75, 3.05) is 20.1 Å². The fourth-order valence-corrected chi connectivity index (χ4v) is 4.07. The number of halogens is 1. The van der Waals surface area contributed by atoms with E-state index in [-0.39, 0.29) is 29.9 Å².